The summed E-state index contributed by atoms with van der Waals surface area (Å²) >= 11 is 0. The molecule has 1 fully saturated rings. The molecule has 36 heavy (non-hydrogen) atoms. The maximum atomic E-state index is 14.6. The lowest BCUT2D eigenvalue weighted by molar-refractivity contribution is -0.137. The molecule has 1 aromatic heterocycles. The van der Waals surface area contributed by atoms with Crippen molar-refractivity contribution in [2.45, 2.75) is 49.9 Å². The first-order valence-corrected chi connectivity index (χ1v) is 11.8. The summed E-state index contributed by atoms with van der Waals surface area (Å²) in [4.78, 5) is 17.6. The summed E-state index contributed by atoms with van der Waals surface area (Å²) in [5, 5.41) is 6.14. The number of hydrogen-bond donors (Lipinski definition) is 3. The van der Waals surface area contributed by atoms with E-state index in [1.165, 1.54) is 6.20 Å². The van der Waals surface area contributed by atoms with Gasteiger partial charge >= 0.3 is 6.18 Å². The number of hydrogen-bond acceptors (Lipinski definition) is 4. The van der Waals surface area contributed by atoms with Gasteiger partial charge in [0.2, 0.25) is 5.91 Å². The van der Waals surface area contributed by atoms with Crippen molar-refractivity contribution in [3.8, 4) is 0 Å². The average Bonchev–Trinajstić information content (AvgIpc) is 3.36. The van der Waals surface area contributed by atoms with Gasteiger partial charge in [0.15, 0.2) is 0 Å². The smallest absolute Gasteiger partial charge is 0.397 e. The minimum atomic E-state index is -4.78. The van der Waals surface area contributed by atoms with E-state index in [9.17, 15) is 22.4 Å². The number of nitrogen functional groups attached to an aromatic ring is 1. The van der Waals surface area contributed by atoms with Crippen LogP contribution in [0.15, 0.2) is 66.9 Å². The zero-order valence-electron chi connectivity index (χ0n) is 19.6. The fraction of sp³-hybridized carbons (Fsp3) is 0.333. The Morgan fingerprint density at radius 3 is 2.33 bits per heavy atom. The van der Waals surface area contributed by atoms with E-state index in [-0.39, 0.29) is 30.3 Å². The Bertz CT molecular complexity index is 1180. The molecule has 0 radical (unpaired) electrons. The van der Waals surface area contributed by atoms with E-state index in [4.69, 9.17) is 5.73 Å². The van der Waals surface area contributed by atoms with Gasteiger partial charge in [0.25, 0.3) is 0 Å². The van der Waals surface area contributed by atoms with Gasteiger partial charge in [0.05, 0.1) is 29.7 Å². The third-order valence-electron chi connectivity index (χ3n) is 6.51. The maximum absolute atomic E-state index is 14.6. The Morgan fingerprint density at radius 1 is 1.00 bits per heavy atom. The van der Waals surface area contributed by atoms with Crippen LogP contribution in [0, 0.1) is 5.82 Å². The third kappa shape index (κ3) is 6.02. The van der Waals surface area contributed by atoms with Crippen LogP contribution in [0.2, 0.25) is 0 Å². The summed E-state index contributed by atoms with van der Waals surface area (Å²) in [6, 6.07) is 14.6. The first kappa shape index (κ1) is 25.6. The summed E-state index contributed by atoms with van der Waals surface area (Å²) in [7, 11) is 0. The molecule has 0 saturated heterocycles. The van der Waals surface area contributed by atoms with Crippen LogP contribution in [0.1, 0.15) is 48.1 Å². The van der Waals surface area contributed by atoms with E-state index < -0.39 is 29.0 Å². The normalized spacial score (nSPS) is 16.0. The molecule has 3 aromatic rings. The number of nitrogens with one attached hydrogen (secondary N) is 2. The molecule has 1 atom stereocenters. The monoisotopic (exact) mass is 500 g/mol. The van der Waals surface area contributed by atoms with E-state index >= 15 is 0 Å². The summed E-state index contributed by atoms with van der Waals surface area (Å²) in [6.07, 6.45) is 0.703. The van der Waals surface area contributed by atoms with Crippen LogP contribution >= 0.6 is 0 Å². The molecule has 2 aromatic carbocycles. The molecule has 190 valence electrons. The molecule has 1 saturated carbocycles. The number of amides is 1. The van der Waals surface area contributed by atoms with E-state index in [1.54, 1.807) is 42.5 Å². The number of anilines is 1. The van der Waals surface area contributed by atoms with Gasteiger partial charge in [-0.05, 0) is 54.3 Å². The standard InChI is InChI=1S/C27H28F4N4O/c28-21-13-19(12-20(14-21)27(29,30)31)26(15-18-6-2-1-3-7-18,24-11-10-22(32)16-34-24)35-25(36)17-33-23-8-4-5-9-23/h1-3,6-7,10-14,16,23,33H,4-5,8-9,15,17,32H2,(H,35,36). The topological polar surface area (TPSA) is 80.0 Å². The van der Waals surface area contributed by atoms with Crippen molar-refractivity contribution < 1.29 is 22.4 Å². The second kappa shape index (κ2) is 10.7. The van der Waals surface area contributed by atoms with Crippen LogP contribution in [0.25, 0.3) is 0 Å². The Balaban J connectivity index is 1.83. The van der Waals surface area contributed by atoms with Crippen LogP contribution in [0.4, 0.5) is 23.2 Å². The lowest BCUT2D eigenvalue weighted by Crippen LogP contribution is -2.52. The van der Waals surface area contributed by atoms with E-state index in [0.29, 0.717) is 11.8 Å². The van der Waals surface area contributed by atoms with Crippen molar-refractivity contribution in [1.82, 2.24) is 15.6 Å². The van der Waals surface area contributed by atoms with Gasteiger partial charge in [-0.25, -0.2) is 4.39 Å². The number of rotatable bonds is 8. The van der Waals surface area contributed by atoms with Crippen molar-refractivity contribution in [2.24, 2.45) is 0 Å². The highest BCUT2D eigenvalue weighted by atomic mass is 19.4. The number of carbonyl (C=O) groups excluding carboxylic acids is 1. The number of carbonyl (C=O) groups is 1. The molecule has 9 heteroatoms. The molecule has 1 heterocycles. The molecule has 1 unspecified atom stereocenters. The Labute approximate surface area is 207 Å². The minimum absolute atomic E-state index is 0.0301. The SMILES string of the molecule is Nc1ccc(C(Cc2ccccc2)(NC(=O)CNC2CCCC2)c2cc(F)cc(C(F)(F)F)c2)nc1. The van der Waals surface area contributed by atoms with Crippen LogP contribution < -0.4 is 16.4 Å². The average molecular weight is 501 g/mol. The van der Waals surface area contributed by atoms with Gasteiger partial charge in [-0.2, -0.15) is 13.2 Å². The van der Waals surface area contributed by atoms with Gasteiger partial charge in [0.1, 0.15) is 11.4 Å². The second-order valence-electron chi connectivity index (χ2n) is 9.18. The van der Waals surface area contributed by atoms with Crippen LogP contribution in [0.5, 0.6) is 0 Å². The Hall–Kier alpha value is -3.46. The van der Waals surface area contributed by atoms with E-state index in [1.807, 2.05) is 0 Å². The Kier molecular flexibility index (Phi) is 7.59. The number of benzene rings is 2. The van der Waals surface area contributed by atoms with Crippen LogP contribution in [0.3, 0.4) is 0 Å². The number of alkyl halides is 3. The molecule has 1 aliphatic rings. The number of nitrogens with zero attached hydrogens (tertiary/aromatic N) is 1. The number of nitrogens with two attached hydrogens (primary N) is 1. The number of aromatic nitrogens is 1. The maximum Gasteiger partial charge on any atom is 0.416 e. The van der Waals surface area contributed by atoms with Crippen molar-refractivity contribution in [3.05, 3.63) is 95.1 Å². The first-order valence-electron chi connectivity index (χ1n) is 11.8. The van der Waals surface area contributed by atoms with Crippen LogP contribution in [-0.4, -0.2) is 23.5 Å². The minimum Gasteiger partial charge on any atom is -0.397 e. The van der Waals surface area contributed by atoms with E-state index in [2.05, 4.69) is 15.6 Å². The predicted molar refractivity (Wildman–Crippen MR) is 129 cm³/mol. The lowest BCUT2D eigenvalue weighted by atomic mass is 9.79. The lowest BCUT2D eigenvalue weighted by Gasteiger charge is -2.36. The quantitative estimate of drug-likeness (QED) is 0.382. The summed E-state index contributed by atoms with van der Waals surface area (Å²) in [5.74, 6) is -1.50. The van der Waals surface area contributed by atoms with E-state index in [0.717, 1.165) is 43.4 Å². The summed E-state index contributed by atoms with van der Waals surface area (Å²) in [6.45, 7) is -0.0301. The zero-order valence-corrected chi connectivity index (χ0v) is 19.6. The van der Waals surface area contributed by atoms with Gasteiger partial charge in [-0.15, -0.1) is 0 Å². The molecule has 1 aliphatic carbocycles. The fourth-order valence-corrected chi connectivity index (χ4v) is 4.73. The van der Waals surface area contributed by atoms with Gasteiger partial charge in [-0.1, -0.05) is 43.2 Å². The fourth-order valence-electron chi connectivity index (χ4n) is 4.73. The molecule has 4 N–H and O–H groups in total. The first-order chi connectivity index (χ1) is 17.2. The van der Waals surface area contributed by atoms with Gasteiger partial charge < -0.3 is 16.4 Å². The summed E-state index contributed by atoms with van der Waals surface area (Å²) < 4.78 is 55.7. The zero-order chi connectivity index (χ0) is 25.8. The Morgan fingerprint density at radius 2 is 1.69 bits per heavy atom. The van der Waals surface area contributed by atoms with Crippen molar-refractivity contribution in [1.29, 1.82) is 0 Å². The molecule has 1 amide bonds. The highest BCUT2D eigenvalue weighted by Gasteiger charge is 2.41. The molecule has 5 nitrogen and oxygen atoms in total. The molecule has 4 rings (SSSR count). The molecular formula is C27H28F4N4O. The predicted octanol–water partition coefficient (Wildman–Crippen LogP) is 4.96. The van der Waals surface area contributed by atoms with Crippen molar-refractivity contribution in [2.75, 3.05) is 12.3 Å². The van der Waals surface area contributed by atoms with Crippen molar-refractivity contribution in [3.63, 3.8) is 0 Å². The molecule has 0 bridgehead atoms. The summed E-state index contributed by atoms with van der Waals surface area (Å²) in [5.41, 5.74) is 4.32. The highest BCUT2D eigenvalue weighted by molar-refractivity contribution is 5.80. The molecule has 0 spiro atoms. The third-order valence-corrected chi connectivity index (χ3v) is 6.51. The van der Waals surface area contributed by atoms with Crippen LogP contribution in [-0.2, 0) is 22.9 Å². The van der Waals surface area contributed by atoms with Gasteiger partial charge in [-0.3, -0.25) is 9.78 Å². The molecule has 0 aliphatic heterocycles. The number of pyridine rings is 1. The second-order valence-corrected chi connectivity index (χ2v) is 9.18. The largest absolute Gasteiger partial charge is 0.416 e. The van der Waals surface area contributed by atoms with Crippen molar-refractivity contribution >= 4 is 11.6 Å². The van der Waals surface area contributed by atoms with Gasteiger partial charge in [0, 0.05) is 12.5 Å². The number of halogens is 4. The molecular weight excluding hydrogens is 472 g/mol. The highest BCUT2D eigenvalue weighted by Crippen LogP contribution is 2.37.